The van der Waals surface area contributed by atoms with Gasteiger partial charge in [-0.25, -0.2) is 4.98 Å². The van der Waals surface area contributed by atoms with E-state index >= 15 is 0 Å². The van der Waals surface area contributed by atoms with Gasteiger partial charge in [0.15, 0.2) is 5.60 Å². The van der Waals surface area contributed by atoms with Gasteiger partial charge in [0.2, 0.25) is 5.89 Å². The lowest BCUT2D eigenvalue weighted by Gasteiger charge is -2.27. The fraction of sp³-hybridized carbons (Fsp3) is 0.402. The molecule has 18 rings (SSSR count). The summed E-state index contributed by atoms with van der Waals surface area (Å²) in [6.07, 6.45) is 20.0. The number of hydrogen-bond acceptors (Lipinski definition) is 10. The first-order valence-corrected chi connectivity index (χ1v) is 39.9. The van der Waals surface area contributed by atoms with Crippen molar-refractivity contribution in [3.63, 3.8) is 0 Å². The first-order valence-electron chi connectivity index (χ1n) is 39.0. The Morgan fingerprint density at radius 2 is 0.953 bits per heavy atom. The summed E-state index contributed by atoms with van der Waals surface area (Å²) in [6, 6.07) is 41.1. The fourth-order valence-corrected chi connectivity index (χ4v) is 18.8. The summed E-state index contributed by atoms with van der Waals surface area (Å²) in [6.45, 7) is 31.3. The second-order valence-corrected chi connectivity index (χ2v) is 33.0. The molecule has 5 aromatic carbocycles. The summed E-state index contributed by atoms with van der Waals surface area (Å²) < 4.78 is 15.5. The predicted octanol–water partition coefficient (Wildman–Crippen LogP) is 18.0. The van der Waals surface area contributed by atoms with E-state index in [2.05, 4.69) is 237 Å². The van der Waals surface area contributed by atoms with E-state index in [4.69, 9.17) is 4.42 Å². The summed E-state index contributed by atoms with van der Waals surface area (Å²) in [5.74, 6) is 0.359. The number of benzene rings is 5. The third-order valence-electron chi connectivity index (χ3n) is 23.6. The molecule has 5 aliphatic rings. The Morgan fingerprint density at radius 3 is 1.52 bits per heavy atom. The largest absolute Gasteiger partial charge is 0.446 e. The number of rotatable bonds is 13. The lowest BCUT2D eigenvalue weighted by Crippen LogP contribution is -2.31. The highest BCUT2D eigenvalue weighted by Gasteiger charge is 2.34. The molecule has 0 amide bonds. The van der Waals surface area contributed by atoms with Crippen LogP contribution >= 0.6 is 11.3 Å². The first kappa shape index (κ1) is 72.8. The van der Waals surface area contributed by atoms with Crippen molar-refractivity contribution in [1.29, 1.82) is 0 Å². The minimum absolute atomic E-state index is 0.359. The third-order valence-corrected chi connectivity index (χ3v) is 24.6. The Bertz CT molecular complexity index is 5330. The van der Waals surface area contributed by atoms with E-state index in [-0.39, 0.29) is 0 Å². The summed E-state index contributed by atoms with van der Waals surface area (Å²) in [5.41, 5.74) is 35.4. The van der Waals surface area contributed by atoms with Crippen molar-refractivity contribution >= 4 is 54.9 Å². The number of pyridine rings is 2. The average molecular weight is 1430 g/mol. The fourth-order valence-electron chi connectivity index (χ4n) is 17.9. The Hall–Kier alpha value is -8.73. The smallest absolute Gasteiger partial charge is 0.227 e. The highest BCUT2D eigenvalue weighted by atomic mass is 32.1. The van der Waals surface area contributed by atoms with Gasteiger partial charge < -0.3 is 47.4 Å². The molecule has 1 atom stereocenters. The summed E-state index contributed by atoms with van der Waals surface area (Å²) in [4.78, 5) is 24.2. The van der Waals surface area contributed by atoms with Crippen LogP contribution in [0.4, 0.5) is 0 Å². The molecule has 4 aliphatic heterocycles. The monoisotopic (exact) mass is 1430 g/mol. The van der Waals surface area contributed by atoms with Gasteiger partial charge in [0.1, 0.15) is 6.26 Å². The number of aliphatic hydroxyl groups is 1. The Labute approximate surface area is 632 Å². The van der Waals surface area contributed by atoms with Crippen molar-refractivity contribution < 1.29 is 9.52 Å². The molecule has 13 nitrogen and oxygen atoms in total. The molecule has 0 fully saturated rings. The van der Waals surface area contributed by atoms with Gasteiger partial charge in [-0.3, -0.25) is 9.97 Å². The van der Waals surface area contributed by atoms with Gasteiger partial charge in [0.05, 0.1) is 23.8 Å². The zero-order valence-electron chi connectivity index (χ0n) is 65.2. The van der Waals surface area contributed by atoms with Crippen molar-refractivity contribution in [3.8, 4) is 10.4 Å². The average Bonchev–Trinajstić information content (AvgIpc) is 1.65. The van der Waals surface area contributed by atoms with Crippen LogP contribution < -0.4 is 0 Å². The molecule has 0 saturated carbocycles. The number of oxazole rings is 1. The van der Waals surface area contributed by atoms with Crippen LogP contribution in [-0.2, 0) is 116 Å². The molecule has 106 heavy (non-hydrogen) atoms. The van der Waals surface area contributed by atoms with Crippen LogP contribution in [0.2, 0.25) is 0 Å². The van der Waals surface area contributed by atoms with Crippen molar-refractivity contribution in [2.45, 2.75) is 191 Å². The number of nitrogens with zero attached hydrogens (tertiary/aromatic N) is 11. The molecule has 8 aromatic heterocycles. The second-order valence-electron chi connectivity index (χ2n) is 32.1. The zero-order chi connectivity index (χ0) is 73.7. The first-order chi connectivity index (χ1) is 51.2. The molecule has 1 aliphatic carbocycles. The Balaban J connectivity index is 0.000000114. The third kappa shape index (κ3) is 15.0. The van der Waals surface area contributed by atoms with Gasteiger partial charge in [0, 0.05) is 187 Å². The molecule has 550 valence electrons. The van der Waals surface area contributed by atoms with Gasteiger partial charge in [0.25, 0.3) is 0 Å². The van der Waals surface area contributed by atoms with Crippen LogP contribution in [-0.4, -0.2) is 112 Å². The normalized spacial score (nSPS) is 16.0. The van der Waals surface area contributed by atoms with Gasteiger partial charge in [-0.2, -0.15) is 0 Å². The van der Waals surface area contributed by atoms with E-state index < -0.39 is 5.60 Å². The summed E-state index contributed by atoms with van der Waals surface area (Å²) in [7, 11) is 8.87. The molecular formula is C92H109N11O2S. The highest BCUT2D eigenvalue weighted by Crippen LogP contribution is 2.42. The van der Waals surface area contributed by atoms with E-state index in [1.165, 1.54) is 172 Å². The Morgan fingerprint density at radius 1 is 0.453 bits per heavy atom. The van der Waals surface area contributed by atoms with Crippen molar-refractivity contribution in [2.75, 3.05) is 54.4 Å². The molecule has 0 spiro atoms. The second kappa shape index (κ2) is 30.9. The maximum absolute atomic E-state index is 10.9. The summed E-state index contributed by atoms with van der Waals surface area (Å²) >= 11 is 1.86. The maximum Gasteiger partial charge on any atom is 0.227 e. The molecular weight excluding hydrogens is 1320 g/mol. The van der Waals surface area contributed by atoms with Crippen LogP contribution in [0.1, 0.15) is 143 Å². The minimum Gasteiger partial charge on any atom is -0.446 e. The molecule has 1 unspecified atom stereocenters. The van der Waals surface area contributed by atoms with Crippen molar-refractivity contribution in [1.82, 2.24) is 52.8 Å². The quantitative estimate of drug-likeness (QED) is 0.121. The lowest BCUT2D eigenvalue weighted by atomic mass is 9.90. The number of aromatic nitrogens is 7. The molecule has 0 saturated heterocycles. The SMILES string of the molecule is Cc1cc(-c2sccc2C)c2c(c1)c1c(n2CCc2ccc(C)nc2)CCN(C)C1.Cc1ccc(CCn2c3c(c4c(C)ccc(C)c42)CN(C)CC3)cn1.Cc1ccc2c(c1)c1c(n2CC(C)(O)c2ncco2)CCN(C)C1.Cc1ccc2c(c1)c1c(n2CCc2ccc3c(c2)CCCC3)CCN(C)C1. The van der Waals surface area contributed by atoms with Crippen molar-refractivity contribution in [2.24, 2.45) is 0 Å². The number of thiophene rings is 1. The molecule has 14 heteroatoms. The van der Waals surface area contributed by atoms with Crippen LogP contribution in [0.25, 0.3) is 54.1 Å². The maximum atomic E-state index is 10.9. The van der Waals surface area contributed by atoms with E-state index in [0.717, 1.165) is 115 Å². The molecule has 13 aromatic rings. The van der Waals surface area contributed by atoms with Crippen LogP contribution in [0.3, 0.4) is 0 Å². The van der Waals surface area contributed by atoms with Gasteiger partial charge >= 0.3 is 0 Å². The van der Waals surface area contributed by atoms with E-state index in [9.17, 15) is 5.11 Å². The Kier molecular flexibility index (Phi) is 21.2. The highest BCUT2D eigenvalue weighted by molar-refractivity contribution is 7.13. The number of fused-ring (bicyclic) bond motifs is 13. The lowest BCUT2D eigenvalue weighted by molar-refractivity contribution is 0.0115. The number of aryl methyl sites for hydroxylation is 16. The molecule has 1 N–H and O–H groups in total. The molecule has 0 radical (unpaired) electrons. The van der Waals surface area contributed by atoms with Gasteiger partial charge in [-0.1, -0.05) is 65.7 Å². The molecule has 12 heterocycles. The topological polar surface area (TPSA) is 105 Å². The minimum atomic E-state index is -1.14. The van der Waals surface area contributed by atoms with Crippen molar-refractivity contribution in [3.05, 3.63) is 263 Å². The van der Waals surface area contributed by atoms with Crippen LogP contribution in [0.5, 0.6) is 0 Å². The standard InChI is InChI=1S/C26H29N3S.C25H30N2.C22H27N3.C19H23N3O2/c1-17-13-21-23-16-28(4)10-8-24(23)29(11-7-20-6-5-19(3)27-15-20)25(21)22(14-17)26-18(2)9-12-30-26;1-18-7-10-24-22(15-18)23-17-26(2)13-12-25(23)27(24)14-11-19-8-9-20-5-3-4-6-21(20)16-19;1-15-5-6-16(2)22-21(15)19-14-24(4)11-10-20(19)25(22)12-9-18-8-7-17(3)23-13-18;1-13-4-5-16-14(10-13)15-11-21(3)8-6-17(15)22(16)12-19(2,23)18-20-7-9-24-18/h5-6,9,12-15H,7-8,10-11,16H2,1-4H3;7-10,15-16H,3-6,11-14,17H2,1-2H3;5-8,13H,9-12,14H2,1-4H3;4-5,7,9-10,23H,6,8,11-12H2,1-3H3. The van der Waals surface area contributed by atoms with E-state index in [0.29, 0.717) is 12.4 Å². The van der Waals surface area contributed by atoms with Gasteiger partial charge in [-0.15, -0.1) is 11.3 Å². The number of likely N-dealkylation sites (N-methyl/N-ethyl adjacent to an activating group) is 4. The van der Waals surface area contributed by atoms with Crippen LogP contribution in [0.15, 0.2) is 144 Å². The van der Waals surface area contributed by atoms with Crippen LogP contribution in [0, 0.1) is 55.4 Å². The van der Waals surface area contributed by atoms with E-state index in [1.54, 1.807) is 46.8 Å². The predicted molar refractivity (Wildman–Crippen MR) is 438 cm³/mol. The van der Waals surface area contributed by atoms with Gasteiger partial charge in [-0.05, 0) is 268 Å². The number of hydrogen-bond donors (Lipinski definition) is 1. The zero-order valence-corrected chi connectivity index (χ0v) is 66.0. The molecule has 0 bridgehead atoms. The van der Waals surface area contributed by atoms with E-state index in [1.807, 2.05) is 37.6 Å². The summed E-state index contributed by atoms with van der Waals surface area (Å²) in [5, 5.41) is 18.8.